The molecule has 1 heterocycles. The number of hydrogen-bond donors (Lipinski definition) is 2. The molecule has 2 atom stereocenters. The van der Waals surface area contributed by atoms with E-state index in [-0.39, 0.29) is 0 Å². The third kappa shape index (κ3) is 2.30. The van der Waals surface area contributed by atoms with Gasteiger partial charge >= 0.3 is 0 Å². The molecule has 2 unspecified atom stereocenters. The number of para-hydroxylation sites is 1. The number of hydrogen-bond acceptors (Lipinski definition) is 3. The smallest absolute Gasteiger partial charge is 0.119 e. The summed E-state index contributed by atoms with van der Waals surface area (Å²) < 4.78 is 5.12. The van der Waals surface area contributed by atoms with Crippen molar-refractivity contribution in [1.82, 2.24) is 5.32 Å². The molecule has 0 spiro atoms. The number of aromatic hydroxyl groups is 1. The van der Waals surface area contributed by atoms with Crippen molar-refractivity contribution < 1.29 is 9.84 Å². The zero-order valence-electron chi connectivity index (χ0n) is 8.94. The number of nitrogens with one attached hydrogen (secondary N) is 1. The first kappa shape index (κ1) is 10.5. The topological polar surface area (TPSA) is 41.5 Å². The van der Waals surface area contributed by atoms with E-state index in [1.54, 1.807) is 13.2 Å². The van der Waals surface area contributed by atoms with Gasteiger partial charge in [-0.25, -0.2) is 0 Å². The molecule has 0 amide bonds. The lowest BCUT2D eigenvalue weighted by Gasteiger charge is -2.11. The predicted octanol–water partition coefficient (Wildman–Crippen LogP) is 1.48. The van der Waals surface area contributed by atoms with E-state index in [1.165, 1.54) is 0 Å². The second-order valence-corrected chi connectivity index (χ2v) is 4.05. The van der Waals surface area contributed by atoms with Crippen LogP contribution in [0.3, 0.4) is 0 Å². The Morgan fingerprint density at radius 2 is 2.27 bits per heavy atom. The van der Waals surface area contributed by atoms with Crippen molar-refractivity contribution in [3.05, 3.63) is 29.8 Å². The molecule has 1 aromatic rings. The number of benzene rings is 1. The number of ether oxygens (including phenoxy) is 1. The van der Waals surface area contributed by atoms with Gasteiger partial charge in [0.05, 0.1) is 6.61 Å². The molecule has 1 saturated heterocycles. The van der Waals surface area contributed by atoms with Crippen LogP contribution in [-0.4, -0.2) is 31.4 Å². The molecule has 2 N–H and O–H groups in total. The molecule has 0 aromatic heterocycles. The quantitative estimate of drug-likeness (QED) is 0.789. The normalized spacial score (nSPS) is 25.7. The summed E-state index contributed by atoms with van der Waals surface area (Å²) in [7, 11) is 1.72. The molecule has 82 valence electrons. The van der Waals surface area contributed by atoms with Crippen molar-refractivity contribution in [2.45, 2.75) is 18.4 Å². The Morgan fingerprint density at radius 1 is 1.47 bits per heavy atom. The van der Waals surface area contributed by atoms with Crippen molar-refractivity contribution in [2.24, 2.45) is 0 Å². The average Bonchev–Trinajstić information content (AvgIpc) is 2.68. The van der Waals surface area contributed by atoms with E-state index in [9.17, 15) is 5.11 Å². The second kappa shape index (κ2) is 4.64. The molecular weight excluding hydrogens is 190 g/mol. The van der Waals surface area contributed by atoms with Gasteiger partial charge in [-0.15, -0.1) is 0 Å². The maximum Gasteiger partial charge on any atom is 0.119 e. The highest BCUT2D eigenvalue weighted by molar-refractivity contribution is 5.35. The lowest BCUT2D eigenvalue weighted by atomic mass is 9.96. The number of methoxy groups -OCH3 is 1. The Kier molecular flexibility index (Phi) is 3.23. The Bertz CT molecular complexity index is 327. The summed E-state index contributed by atoms with van der Waals surface area (Å²) >= 11 is 0. The number of phenolic OH excluding ortho intramolecular Hbond substituents is 1. The molecule has 0 bridgehead atoms. The zero-order chi connectivity index (χ0) is 10.7. The summed E-state index contributed by atoms with van der Waals surface area (Å²) in [6.45, 7) is 1.66. The van der Waals surface area contributed by atoms with E-state index in [4.69, 9.17) is 4.74 Å². The summed E-state index contributed by atoms with van der Waals surface area (Å²) in [5, 5.41) is 13.1. The molecule has 0 saturated carbocycles. The van der Waals surface area contributed by atoms with E-state index >= 15 is 0 Å². The fourth-order valence-electron chi connectivity index (χ4n) is 2.22. The van der Waals surface area contributed by atoms with Gasteiger partial charge in [-0.1, -0.05) is 18.2 Å². The second-order valence-electron chi connectivity index (χ2n) is 4.05. The molecular formula is C12H17NO2. The highest BCUT2D eigenvalue weighted by Crippen LogP contribution is 2.31. The van der Waals surface area contributed by atoms with Gasteiger partial charge in [0.25, 0.3) is 0 Å². The molecule has 1 aromatic carbocycles. The van der Waals surface area contributed by atoms with E-state index in [2.05, 4.69) is 5.32 Å². The Hall–Kier alpha value is -1.06. The van der Waals surface area contributed by atoms with Crippen molar-refractivity contribution in [2.75, 3.05) is 20.3 Å². The van der Waals surface area contributed by atoms with Crippen LogP contribution in [0.1, 0.15) is 17.9 Å². The zero-order valence-corrected chi connectivity index (χ0v) is 8.94. The van der Waals surface area contributed by atoms with Crippen LogP contribution in [0.25, 0.3) is 0 Å². The van der Waals surface area contributed by atoms with E-state index in [0.29, 0.717) is 17.7 Å². The van der Waals surface area contributed by atoms with Crippen LogP contribution in [0, 0.1) is 0 Å². The van der Waals surface area contributed by atoms with Gasteiger partial charge in [-0.05, 0) is 18.1 Å². The van der Waals surface area contributed by atoms with Gasteiger partial charge in [0.1, 0.15) is 5.75 Å². The molecule has 1 aliphatic rings. The maximum atomic E-state index is 9.73. The lowest BCUT2D eigenvalue weighted by Crippen LogP contribution is -2.25. The Labute approximate surface area is 90.1 Å². The van der Waals surface area contributed by atoms with Crippen LogP contribution in [0.5, 0.6) is 5.75 Å². The summed E-state index contributed by atoms with van der Waals surface area (Å²) in [6, 6.07) is 7.99. The maximum absolute atomic E-state index is 9.73. The molecule has 1 aliphatic heterocycles. The molecule has 0 radical (unpaired) electrons. The van der Waals surface area contributed by atoms with Gasteiger partial charge in [-0.3, -0.25) is 0 Å². The van der Waals surface area contributed by atoms with Gasteiger partial charge < -0.3 is 15.2 Å². The van der Waals surface area contributed by atoms with E-state index in [0.717, 1.165) is 25.1 Å². The minimum Gasteiger partial charge on any atom is -0.508 e. The minimum atomic E-state index is 0.405. The third-order valence-corrected chi connectivity index (χ3v) is 2.97. The van der Waals surface area contributed by atoms with Gasteiger partial charge in [-0.2, -0.15) is 0 Å². The number of phenols is 1. The summed E-state index contributed by atoms with van der Waals surface area (Å²) in [5.41, 5.74) is 1.05. The SMILES string of the molecule is COCC1CC(c2ccccc2O)CN1. The minimum absolute atomic E-state index is 0.405. The molecule has 0 aliphatic carbocycles. The summed E-state index contributed by atoms with van der Waals surface area (Å²) in [5.74, 6) is 0.814. The van der Waals surface area contributed by atoms with Crippen molar-refractivity contribution in [3.8, 4) is 5.75 Å². The first-order valence-electron chi connectivity index (χ1n) is 5.31. The van der Waals surface area contributed by atoms with Crippen LogP contribution >= 0.6 is 0 Å². The Morgan fingerprint density at radius 3 is 3.00 bits per heavy atom. The Balaban J connectivity index is 2.04. The summed E-state index contributed by atoms with van der Waals surface area (Å²) in [6.07, 6.45) is 1.03. The average molecular weight is 207 g/mol. The first-order chi connectivity index (χ1) is 7.31. The largest absolute Gasteiger partial charge is 0.508 e. The fraction of sp³-hybridized carbons (Fsp3) is 0.500. The highest BCUT2D eigenvalue weighted by atomic mass is 16.5. The van der Waals surface area contributed by atoms with Crippen LogP contribution in [0.2, 0.25) is 0 Å². The highest BCUT2D eigenvalue weighted by Gasteiger charge is 2.26. The van der Waals surface area contributed by atoms with Crippen LogP contribution in [0.4, 0.5) is 0 Å². The van der Waals surface area contributed by atoms with E-state index < -0.39 is 0 Å². The first-order valence-corrected chi connectivity index (χ1v) is 5.31. The number of rotatable bonds is 3. The van der Waals surface area contributed by atoms with Crippen LogP contribution < -0.4 is 5.32 Å². The van der Waals surface area contributed by atoms with Crippen molar-refractivity contribution in [1.29, 1.82) is 0 Å². The molecule has 1 fully saturated rings. The van der Waals surface area contributed by atoms with Gasteiger partial charge in [0, 0.05) is 25.6 Å². The summed E-state index contributed by atoms with van der Waals surface area (Å²) in [4.78, 5) is 0. The van der Waals surface area contributed by atoms with E-state index in [1.807, 2.05) is 18.2 Å². The molecule has 15 heavy (non-hydrogen) atoms. The standard InChI is InChI=1S/C12H17NO2/c1-15-8-10-6-9(7-13-10)11-4-2-3-5-12(11)14/h2-5,9-10,13-14H,6-8H2,1H3. The molecule has 3 heteroatoms. The molecule has 2 rings (SSSR count). The lowest BCUT2D eigenvalue weighted by molar-refractivity contribution is 0.173. The molecule has 3 nitrogen and oxygen atoms in total. The third-order valence-electron chi connectivity index (χ3n) is 2.97. The monoisotopic (exact) mass is 207 g/mol. The predicted molar refractivity (Wildman–Crippen MR) is 59.1 cm³/mol. The van der Waals surface area contributed by atoms with Crippen LogP contribution in [-0.2, 0) is 4.74 Å². The van der Waals surface area contributed by atoms with Crippen molar-refractivity contribution >= 4 is 0 Å². The van der Waals surface area contributed by atoms with Crippen LogP contribution in [0.15, 0.2) is 24.3 Å². The van der Waals surface area contributed by atoms with Crippen molar-refractivity contribution in [3.63, 3.8) is 0 Å². The fourth-order valence-corrected chi connectivity index (χ4v) is 2.22. The van der Waals surface area contributed by atoms with Gasteiger partial charge in [0.2, 0.25) is 0 Å². The van der Waals surface area contributed by atoms with Gasteiger partial charge in [0.15, 0.2) is 0 Å².